The predicted molar refractivity (Wildman–Crippen MR) is 77.1 cm³/mol. The average molecular weight is 293 g/mol. The molecule has 1 aromatic rings. The molecule has 6 nitrogen and oxygen atoms in total. The number of rotatable bonds is 7. The summed E-state index contributed by atoms with van der Waals surface area (Å²) in [6.45, 7) is 3.51. The van der Waals surface area contributed by atoms with Crippen LogP contribution in [0.25, 0.3) is 0 Å². The van der Waals surface area contributed by atoms with E-state index >= 15 is 0 Å². The molecular weight excluding hydrogens is 274 g/mol. The van der Waals surface area contributed by atoms with Crippen molar-refractivity contribution < 1.29 is 24.2 Å². The second-order valence-electron chi connectivity index (χ2n) is 4.83. The van der Waals surface area contributed by atoms with Crippen molar-refractivity contribution in [1.29, 1.82) is 0 Å². The van der Waals surface area contributed by atoms with Crippen LogP contribution in [0.2, 0.25) is 0 Å². The topological polar surface area (TPSA) is 92.7 Å². The Labute approximate surface area is 123 Å². The zero-order valence-electron chi connectivity index (χ0n) is 12.1. The largest absolute Gasteiger partial charge is 0.481 e. The van der Waals surface area contributed by atoms with Crippen LogP contribution in [0.4, 0.5) is 5.69 Å². The number of anilines is 1. The summed E-state index contributed by atoms with van der Waals surface area (Å²) >= 11 is 0. The zero-order chi connectivity index (χ0) is 15.8. The van der Waals surface area contributed by atoms with Gasteiger partial charge in [0.25, 0.3) is 0 Å². The molecule has 0 spiro atoms. The van der Waals surface area contributed by atoms with Gasteiger partial charge in [0.05, 0.1) is 11.7 Å². The molecule has 0 unspecified atom stereocenters. The lowest BCUT2D eigenvalue weighted by Crippen LogP contribution is -2.14. The van der Waals surface area contributed by atoms with Gasteiger partial charge in [-0.2, -0.15) is 0 Å². The summed E-state index contributed by atoms with van der Waals surface area (Å²) in [7, 11) is 0. The first-order valence-electron chi connectivity index (χ1n) is 6.71. The number of carboxylic acid groups (broad SMARTS) is 1. The second kappa shape index (κ2) is 8.04. The van der Waals surface area contributed by atoms with Crippen molar-refractivity contribution in [1.82, 2.24) is 0 Å². The first-order chi connectivity index (χ1) is 9.88. The molecular formula is C15H19NO5. The monoisotopic (exact) mass is 293 g/mol. The highest BCUT2D eigenvalue weighted by atomic mass is 16.5. The molecule has 0 bridgehead atoms. The molecule has 0 heterocycles. The Balaban J connectivity index is 2.58. The number of carbonyl (C=O) groups is 3. The van der Waals surface area contributed by atoms with Crippen molar-refractivity contribution in [2.24, 2.45) is 0 Å². The van der Waals surface area contributed by atoms with Crippen molar-refractivity contribution in [2.45, 2.75) is 39.2 Å². The van der Waals surface area contributed by atoms with Gasteiger partial charge < -0.3 is 15.2 Å². The summed E-state index contributed by atoms with van der Waals surface area (Å²) in [5.41, 5.74) is 0.834. The minimum atomic E-state index is -0.929. The van der Waals surface area contributed by atoms with Gasteiger partial charge in [-0.3, -0.25) is 9.59 Å². The Kier molecular flexibility index (Phi) is 6.39. The molecule has 1 rings (SSSR count). The number of hydrogen-bond donors (Lipinski definition) is 2. The van der Waals surface area contributed by atoms with Gasteiger partial charge in [-0.05, 0) is 38.5 Å². The van der Waals surface area contributed by atoms with E-state index in [-0.39, 0.29) is 31.3 Å². The number of ether oxygens (including phenoxy) is 1. The highest BCUT2D eigenvalue weighted by molar-refractivity contribution is 5.94. The maximum Gasteiger partial charge on any atom is 0.338 e. The summed E-state index contributed by atoms with van der Waals surface area (Å²) in [6, 6.07) is 6.43. The van der Waals surface area contributed by atoms with Crippen LogP contribution in [0.5, 0.6) is 0 Å². The highest BCUT2D eigenvalue weighted by Crippen LogP contribution is 2.13. The standard InChI is InChI=1S/C15H19NO5/c1-10(2)21-15(20)11-5-3-6-12(9-11)16-13(17)7-4-8-14(18)19/h3,5-6,9-10H,4,7-8H2,1-2H3,(H,16,17)(H,18,19). The molecule has 1 aromatic carbocycles. The summed E-state index contributed by atoms with van der Waals surface area (Å²) in [5.74, 6) is -1.67. The van der Waals surface area contributed by atoms with Gasteiger partial charge in [-0.1, -0.05) is 6.07 Å². The number of carboxylic acids is 1. The lowest BCUT2D eigenvalue weighted by atomic mass is 10.2. The number of aliphatic carboxylic acids is 1. The molecule has 114 valence electrons. The molecule has 1 amide bonds. The summed E-state index contributed by atoms with van der Waals surface area (Å²) in [4.78, 5) is 33.7. The normalized spacial score (nSPS) is 10.2. The Hall–Kier alpha value is -2.37. The highest BCUT2D eigenvalue weighted by Gasteiger charge is 2.10. The minimum Gasteiger partial charge on any atom is -0.481 e. The third-order valence-corrected chi connectivity index (χ3v) is 2.52. The predicted octanol–water partition coefficient (Wildman–Crippen LogP) is 2.45. The number of amides is 1. The molecule has 0 atom stereocenters. The Morgan fingerprint density at radius 3 is 2.57 bits per heavy atom. The molecule has 21 heavy (non-hydrogen) atoms. The van der Waals surface area contributed by atoms with E-state index in [0.29, 0.717) is 11.3 Å². The van der Waals surface area contributed by atoms with Gasteiger partial charge in [-0.15, -0.1) is 0 Å². The van der Waals surface area contributed by atoms with Crippen LogP contribution in [0.15, 0.2) is 24.3 Å². The lowest BCUT2D eigenvalue weighted by molar-refractivity contribution is -0.137. The van der Waals surface area contributed by atoms with Gasteiger partial charge in [-0.25, -0.2) is 4.79 Å². The zero-order valence-corrected chi connectivity index (χ0v) is 12.1. The third kappa shape index (κ3) is 6.56. The van der Waals surface area contributed by atoms with Gasteiger partial charge in [0.15, 0.2) is 0 Å². The maximum absolute atomic E-state index is 11.7. The molecule has 2 N–H and O–H groups in total. The molecule has 0 radical (unpaired) electrons. The molecule has 6 heteroatoms. The van der Waals surface area contributed by atoms with Crippen LogP contribution >= 0.6 is 0 Å². The van der Waals surface area contributed by atoms with Gasteiger partial charge >= 0.3 is 11.9 Å². The van der Waals surface area contributed by atoms with E-state index in [1.165, 1.54) is 6.07 Å². The van der Waals surface area contributed by atoms with Gasteiger partial charge in [0.2, 0.25) is 5.91 Å². The summed E-state index contributed by atoms with van der Waals surface area (Å²) < 4.78 is 5.07. The van der Waals surface area contributed by atoms with Crippen molar-refractivity contribution in [3.63, 3.8) is 0 Å². The van der Waals surface area contributed by atoms with Crippen LogP contribution in [0, 0.1) is 0 Å². The van der Waals surface area contributed by atoms with Crippen molar-refractivity contribution in [3.05, 3.63) is 29.8 Å². The van der Waals surface area contributed by atoms with E-state index < -0.39 is 11.9 Å². The maximum atomic E-state index is 11.7. The number of nitrogens with one attached hydrogen (secondary N) is 1. The van der Waals surface area contributed by atoms with Crippen LogP contribution in [-0.4, -0.2) is 29.1 Å². The van der Waals surface area contributed by atoms with E-state index in [9.17, 15) is 14.4 Å². The fraction of sp³-hybridized carbons (Fsp3) is 0.400. The van der Waals surface area contributed by atoms with Gasteiger partial charge in [0.1, 0.15) is 0 Å². The molecule has 0 aliphatic heterocycles. The first-order valence-corrected chi connectivity index (χ1v) is 6.71. The van der Waals surface area contributed by atoms with E-state index in [2.05, 4.69) is 5.32 Å². The molecule has 0 saturated carbocycles. The SMILES string of the molecule is CC(C)OC(=O)c1cccc(NC(=O)CCCC(=O)O)c1. The molecule has 0 aliphatic rings. The van der Waals surface area contributed by atoms with Crippen molar-refractivity contribution in [2.75, 3.05) is 5.32 Å². The fourth-order valence-electron chi connectivity index (χ4n) is 1.63. The number of hydrogen-bond acceptors (Lipinski definition) is 4. The van der Waals surface area contributed by atoms with Crippen LogP contribution in [0.1, 0.15) is 43.5 Å². The van der Waals surface area contributed by atoms with E-state index in [1.807, 2.05) is 0 Å². The van der Waals surface area contributed by atoms with E-state index in [1.54, 1.807) is 32.0 Å². The average Bonchev–Trinajstić information content (AvgIpc) is 2.37. The molecule has 0 aliphatic carbocycles. The van der Waals surface area contributed by atoms with Crippen LogP contribution < -0.4 is 5.32 Å². The molecule has 0 saturated heterocycles. The van der Waals surface area contributed by atoms with E-state index in [4.69, 9.17) is 9.84 Å². The molecule has 0 fully saturated rings. The van der Waals surface area contributed by atoms with Crippen molar-refractivity contribution >= 4 is 23.5 Å². The van der Waals surface area contributed by atoms with E-state index in [0.717, 1.165) is 0 Å². The Bertz CT molecular complexity index is 525. The Morgan fingerprint density at radius 2 is 1.95 bits per heavy atom. The molecule has 0 aromatic heterocycles. The van der Waals surface area contributed by atoms with Gasteiger partial charge in [0, 0.05) is 18.5 Å². The smallest absolute Gasteiger partial charge is 0.338 e. The third-order valence-electron chi connectivity index (χ3n) is 2.52. The second-order valence-corrected chi connectivity index (χ2v) is 4.83. The van der Waals surface area contributed by atoms with Crippen LogP contribution in [0.3, 0.4) is 0 Å². The fourth-order valence-corrected chi connectivity index (χ4v) is 1.63. The number of carbonyl (C=O) groups excluding carboxylic acids is 2. The number of benzene rings is 1. The lowest BCUT2D eigenvalue weighted by Gasteiger charge is -2.09. The first kappa shape index (κ1) is 16.7. The minimum absolute atomic E-state index is 0.0474. The summed E-state index contributed by atoms with van der Waals surface area (Å²) in [5, 5.41) is 11.1. The number of esters is 1. The Morgan fingerprint density at radius 1 is 1.24 bits per heavy atom. The van der Waals surface area contributed by atoms with Crippen LogP contribution in [-0.2, 0) is 14.3 Å². The van der Waals surface area contributed by atoms with Crippen molar-refractivity contribution in [3.8, 4) is 0 Å². The summed E-state index contributed by atoms with van der Waals surface area (Å²) in [6.07, 6.45) is 0.129. The quantitative estimate of drug-likeness (QED) is 0.753.